The first-order chi connectivity index (χ1) is 18.7. The highest BCUT2D eigenvalue weighted by Crippen LogP contribution is 2.37. The zero-order chi connectivity index (χ0) is 29.7. The number of nitrogens with zero attached hydrogens (tertiary/aromatic N) is 1. The minimum Gasteiger partial charge on any atom is -0.466 e. The Hall–Kier alpha value is -4.14. The summed E-state index contributed by atoms with van der Waals surface area (Å²) in [5.74, 6) is -2.12. The van der Waals surface area contributed by atoms with Gasteiger partial charge < -0.3 is 14.8 Å². The average Bonchev–Trinajstić information content (AvgIpc) is 2.87. The molecule has 3 aromatic rings. The first kappa shape index (κ1) is 30.4. The van der Waals surface area contributed by atoms with Crippen molar-refractivity contribution in [2.75, 3.05) is 11.3 Å². The smallest absolute Gasteiger partial charge is 0.310 e. The normalized spacial score (nSPS) is 11.3. The van der Waals surface area contributed by atoms with Crippen molar-refractivity contribution in [3.05, 3.63) is 82.1 Å². The zero-order valence-electron chi connectivity index (χ0n) is 22.2. The van der Waals surface area contributed by atoms with E-state index in [4.69, 9.17) is 26.3 Å². The van der Waals surface area contributed by atoms with Crippen LogP contribution in [0.1, 0.15) is 49.2 Å². The fraction of sp³-hybridized carbons (Fsp3) is 0.250. The quantitative estimate of drug-likeness (QED) is 0.312. The number of anilines is 1. The molecule has 0 aliphatic rings. The molecule has 40 heavy (non-hydrogen) atoms. The topological polar surface area (TPSA) is 135 Å². The Kier molecular flexibility index (Phi) is 9.40. The molecule has 12 heteroatoms. The van der Waals surface area contributed by atoms with Crippen LogP contribution >= 0.6 is 11.6 Å². The van der Waals surface area contributed by atoms with E-state index in [-0.39, 0.29) is 56.8 Å². The SMILES string of the molecule is CCOC(=O)Cc1cc(Cl)c(Oc2ccc(C(=O)NC(C)(C)C)cc2NS(=O)(=O)c2ccc(C#N)cc2)cc1F. The highest BCUT2D eigenvalue weighted by Gasteiger charge is 2.22. The van der Waals surface area contributed by atoms with Gasteiger partial charge in [0.25, 0.3) is 15.9 Å². The standard InChI is InChI=1S/C28H27ClFN3O6S/c1-5-38-26(34)14-19-12-21(29)25(15-22(19)30)39-24-11-8-18(27(35)32-28(2,3)4)13-23(24)33-40(36,37)20-9-6-17(16-31)7-10-20/h6-13,15,33H,5,14H2,1-4H3,(H,32,35). The Balaban J connectivity index is 2.01. The summed E-state index contributed by atoms with van der Waals surface area (Å²) in [4.78, 5) is 24.4. The summed E-state index contributed by atoms with van der Waals surface area (Å²) in [7, 11) is -4.20. The number of benzene rings is 3. The van der Waals surface area contributed by atoms with Crippen LogP contribution in [0.3, 0.4) is 0 Å². The van der Waals surface area contributed by atoms with Gasteiger partial charge in [-0.2, -0.15) is 5.26 Å². The molecular formula is C28H27ClFN3O6S. The fourth-order valence-electron chi connectivity index (χ4n) is 3.43. The molecule has 0 aliphatic carbocycles. The minimum atomic E-state index is -4.20. The van der Waals surface area contributed by atoms with Crippen molar-refractivity contribution < 1.29 is 31.9 Å². The lowest BCUT2D eigenvalue weighted by molar-refractivity contribution is -0.142. The van der Waals surface area contributed by atoms with E-state index in [1.807, 2.05) is 6.07 Å². The molecule has 0 bridgehead atoms. The molecule has 3 rings (SSSR count). The number of nitrogens with one attached hydrogen (secondary N) is 2. The van der Waals surface area contributed by atoms with Crippen molar-refractivity contribution in [1.29, 1.82) is 5.26 Å². The molecular weight excluding hydrogens is 561 g/mol. The molecule has 9 nitrogen and oxygen atoms in total. The number of carbonyl (C=O) groups excluding carboxylic acids is 2. The molecule has 0 aliphatic heterocycles. The molecule has 1 amide bonds. The van der Waals surface area contributed by atoms with E-state index in [1.54, 1.807) is 27.7 Å². The molecule has 0 unspecified atom stereocenters. The number of carbonyl (C=O) groups is 2. The van der Waals surface area contributed by atoms with Gasteiger partial charge in [0.1, 0.15) is 11.6 Å². The molecule has 2 N–H and O–H groups in total. The fourth-order valence-corrected chi connectivity index (χ4v) is 4.72. The van der Waals surface area contributed by atoms with Gasteiger partial charge in [-0.3, -0.25) is 14.3 Å². The summed E-state index contributed by atoms with van der Waals surface area (Å²) >= 11 is 6.30. The van der Waals surface area contributed by atoms with Crippen LogP contribution in [0.2, 0.25) is 5.02 Å². The largest absolute Gasteiger partial charge is 0.466 e. The maximum Gasteiger partial charge on any atom is 0.310 e. The number of hydrogen-bond donors (Lipinski definition) is 2. The van der Waals surface area contributed by atoms with Gasteiger partial charge in [-0.05, 0) is 76.2 Å². The molecule has 0 aromatic heterocycles. The summed E-state index contributed by atoms with van der Waals surface area (Å²) in [5.41, 5.74) is -0.302. The van der Waals surface area contributed by atoms with Crippen molar-refractivity contribution in [3.63, 3.8) is 0 Å². The lowest BCUT2D eigenvalue weighted by atomic mass is 10.1. The molecule has 0 fully saturated rings. The van der Waals surface area contributed by atoms with E-state index in [0.29, 0.717) is 0 Å². The van der Waals surface area contributed by atoms with Gasteiger partial charge in [-0.15, -0.1) is 0 Å². The second-order valence-electron chi connectivity index (χ2n) is 9.61. The van der Waals surface area contributed by atoms with Gasteiger partial charge in [0, 0.05) is 22.7 Å². The summed E-state index contributed by atoms with van der Waals surface area (Å²) < 4.78 is 54.1. The Morgan fingerprint density at radius 1 is 1.05 bits per heavy atom. The molecule has 3 aromatic carbocycles. The van der Waals surface area contributed by atoms with Crippen LogP contribution in [-0.4, -0.2) is 32.4 Å². The minimum absolute atomic E-state index is 0.00765. The van der Waals surface area contributed by atoms with E-state index in [0.717, 1.165) is 6.07 Å². The van der Waals surface area contributed by atoms with Crippen molar-refractivity contribution in [2.24, 2.45) is 0 Å². The number of halogens is 2. The predicted molar refractivity (Wildman–Crippen MR) is 147 cm³/mol. The van der Waals surface area contributed by atoms with Crippen LogP contribution in [-0.2, 0) is 26.0 Å². The number of amides is 1. The van der Waals surface area contributed by atoms with Crippen molar-refractivity contribution in [2.45, 2.75) is 44.6 Å². The van der Waals surface area contributed by atoms with Crippen LogP contribution < -0.4 is 14.8 Å². The monoisotopic (exact) mass is 587 g/mol. The number of nitriles is 1. The first-order valence-corrected chi connectivity index (χ1v) is 13.9. The Bertz CT molecular complexity index is 1580. The van der Waals surface area contributed by atoms with Crippen LogP contribution in [0.5, 0.6) is 11.5 Å². The Labute approximate surface area is 236 Å². The van der Waals surface area contributed by atoms with Crippen LogP contribution in [0.15, 0.2) is 59.5 Å². The van der Waals surface area contributed by atoms with Crippen LogP contribution in [0, 0.1) is 17.1 Å². The third-order valence-corrected chi connectivity index (χ3v) is 6.91. The van der Waals surface area contributed by atoms with E-state index < -0.39 is 33.3 Å². The van der Waals surface area contributed by atoms with Crippen molar-refractivity contribution in [1.82, 2.24) is 5.32 Å². The Morgan fingerprint density at radius 3 is 2.33 bits per heavy atom. The number of esters is 1. The van der Waals surface area contributed by atoms with Gasteiger partial charge in [0.2, 0.25) is 0 Å². The van der Waals surface area contributed by atoms with Crippen molar-refractivity contribution >= 4 is 39.2 Å². The Morgan fingerprint density at radius 2 is 1.73 bits per heavy atom. The maximum absolute atomic E-state index is 14.8. The number of sulfonamides is 1. The van der Waals surface area contributed by atoms with Gasteiger partial charge in [-0.25, -0.2) is 12.8 Å². The second-order valence-corrected chi connectivity index (χ2v) is 11.7. The number of hydrogen-bond acceptors (Lipinski definition) is 7. The molecule has 0 heterocycles. The number of ether oxygens (including phenoxy) is 2. The van der Waals surface area contributed by atoms with Gasteiger partial charge in [0.15, 0.2) is 5.75 Å². The predicted octanol–water partition coefficient (Wildman–Crippen LogP) is 5.58. The molecule has 0 saturated carbocycles. The summed E-state index contributed by atoms with van der Waals surface area (Å²) in [6.45, 7) is 7.14. The van der Waals surface area contributed by atoms with Crippen LogP contribution in [0.4, 0.5) is 10.1 Å². The second kappa shape index (κ2) is 12.4. The van der Waals surface area contributed by atoms with Crippen molar-refractivity contribution in [3.8, 4) is 17.6 Å². The number of rotatable bonds is 9. The lowest BCUT2D eigenvalue weighted by Gasteiger charge is -2.21. The van der Waals surface area contributed by atoms with E-state index in [1.165, 1.54) is 48.5 Å². The average molecular weight is 588 g/mol. The van der Waals surface area contributed by atoms with E-state index in [2.05, 4.69) is 10.0 Å². The lowest BCUT2D eigenvalue weighted by Crippen LogP contribution is -2.40. The maximum atomic E-state index is 14.8. The third-order valence-electron chi connectivity index (χ3n) is 5.23. The third kappa shape index (κ3) is 7.94. The van der Waals surface area contributed by atoms with E-state index in [9.17, 15) is 22.4 Å². The highest BCUT2D eigenvalue weighted by atomic mass is 35.5. The highest BCUT2D eigenvalue weighted by molar-refractivity contribution is 7.92. The molecule has 0 atom stereocenters. The van der Waals surface area contributed by atoms with Gasteiger partial charge >= 0.3 is 5.97 Å². The summed E-state index contributed by atoms with van der Waals surface area (Å²) in [6, 6.07) is 13.3. The van der Waals surface area contributed by atoms with Gasteiger partial charge in [0.05, 0.1) is 40.3 Å². The molecule has 210 valence electrons. The van der Waals surface area contributed by atoms with Gasteiger partial charge in [-0.1, -0.05) is 11.6 Å². The molecule has 0 radical (unpaired) electrons. The molecule has 0 spiro atoms. The summed E-state index contributed by atoms with van der Waals surface area (Å²) in [5, 5.41) is 11.7. The van der Waals surface area contributed by atoms with Crippen LogP contribution in [0.25, 0.3) is 0 Å². The summed E-state index contributed by atoms with van der Waals surface area (Å²) in [6.07, 6.45) is -0.340. The zero-order valence-corrected chi connectivity index (χ0v) is 23.7. The molecule has 0 saturated heterocycles. The first-order valence-electron chi connectivity index (χ1n) is 12.0. The van der Waals surface area contributed by atoms with E-state index >= 15 is 0 Å².